The van der Waals surface area contributed by atoms with Gasteiger partial charge in [-0.25, -0.2) is 0 Å². The van der Waals surface area contributed by atoms with E-state index in [0.29, 0.717) is 32.6 Å². The van der Waals surface area contributed by atoms with Gasteiger partial charge in [-0.2, -0.15) is 0 Å². The minimum Gasteiger partial charge on any atom is -0.468 e. The minimum absolute atomic E-state index is 0.0260. The van der Waals surface area contributed by atoms with Crippen LogP contribution in [-0.2, 0) is 4.74 Å². The van der Waals surface area contributed by atoms with Crippen LogP contribution in [0.1, 0.15) is 31.6 Å². The first-order valence-corrected chi connectivity index (χ1v) is 6.81. The number of rotatable bonds is 5. The summed E-state index contributed by atoms with van der Waals surface area (Å²) in [7, 11) is 1.98. The molecule has 0 spiro atoms. The second-order valence-electron chi connectivity index (χ2n) is 5.57. The molecule has 1 aromatic heterocycles. The van der Waals surface area contributed by atoms with Crippen molar-refractivity contribution >= 4 is 0 Å². The van der Waals surface area contributed by atoms with Gasteiger partial charge in [0, 0.05) is 38.6 Å². The zero-order chi connectivity index (χ0) is 13.9. The van der Waals surface area contributed by atoms with Crippen LogP contribution in [0.2, 0.25) is 0 Å². The molecule has 1 fully saturated rings. The van der Waals surface area contributed by atoms with Crippen molar-refractivity contribution in [2.24, 2.45) is 5.73 Å². The third kappa shape index (κ3) is 3.57. The largest absolute Gasteiger partial charge is 0.468 e. The minimum atomic E-state index is -0.688. The third-order valence-electron chi connectivity index (χ3n) is 3.77. The van der Waals surface area contributed by atoms with E-state index in [0.717, 1.165) is 5.76 Å². The Labute approximate surface area is 114 Å². The average Bonchev–Trinajstić information content (AvgIpc) is 2.82. The molecule has 2 atom stereocenters. The van der Waals surface area contributed by atoms with Gasteiger partial charge < -0.3 is 20.0 Å². The highest BCUT2D eigenvalue weighted by Crippen LogP contribution is 2.28. The number of ether oxygens (including phenoxy) is 1. The van der Waals surface area contributed by atoms with Crippen molar-refractivity contribution < 1.29 is 14.3 Å². The summed E-state index contributed by atoms with van der Waals surface area (Å²) in [6.45, 7) is 3.77. The molecule has 0 aromatic carbocycles. The highest BCUT2D eigenvalue weighted by atomic mass is 16.5. The summed E-state index contributed by atoms with van der Waals surface area (Å²) in [4.78, 5) is 2.08. The first kappa shape index (κ1) is 14.5. The van der Waals surface area contributed by atoms with E-state index >= 15 is 0 Å². The lowest BCUT2D eigenvalue weighted by molar-refractivity contribution is -0.0833. The van der Waals surface area contributed by atoms with E-state index in [2.05, 4.69) is 4.90 Å². The molecule has 1 saturated heterocycles. The van der Waals surface area contributed by atoms with Crippen LogP contribution >= 0.6 is 0 Å². The molecular formula is C14H24N2O3. The molecule has 0 aliphatic carbocycles. The van der Waals surface area contributed by atoms with Crippen molar-refractivity contribution in [2.45, 2.75) is 37.5 Å². The van der Waals surface area contributed by atoms with E-state index in [1.165, 1.54) is 0 Å². The van der Waals surface area contributed by atoms with Gasteiger partial charge >= 0.3 is 0 Å². The van der Waals surface area contributed by atoms with Gasteiger partial charge in [0.1, 0.15) is 5.76 Å². The molecular weight excluding hydrogens is 244 g/mol. The van der Waals surface area contributed by atoms with E-state index in [9.17, 15) is 5.11 Å². The molecule has 108 valence electrons. The normalized spacial score (nSPS) is 22.4. The number of furan rings is 1. The molecule has 2 rings (SSSR count). The van der Waals surface area contributed by atoms with E-state index in [1.807, 2.05) is 26.1 Å². The maximum atomic E-state index is 10.6. The Hall–Kier alpha value is -0.880. The lowest BCUT2D eigenvalue weighted by Crippen LogP contribution is -2.49. The Morgan fingerprint density at radius 3 is 2.68 bits per heavy atom. The quantitative estimate of drug-likeness (QED) is 0.838. The highest BCUT2D eigenvalue weighted by Gasteiger charge is 2.34. The summed E-state index contributed by atoms with van der Waals surface area (Å²) in [6.07, 6.45) is 2.99. The van der Waals surface area contributed by atoms with Crippen LogP contribution in [0.15, 0.2) is 22.8 Å². The Balaban J connectivity index is 2.05. The molecule has 0 bridgehead atoms. The molecule has 0 amide bonds. The fraction of sp³-hybridized carbons (Fsp3) is 0.714. The number of likely N-dealkylation sites (N-methyl/N-ethyl adjacent to an activating group) is 1. The molecule has 1 aliphatic rings. The van der Waals surface area contributed by atoms with Gasteiger partial charge in [-0.3, -0.25) is 4.90 Å². The maximum absolute atomic E-state index is 10.6. The van der Waals surface area contributed by atoms with Gasteiger partial charge in [-0.15, -0.1) is 0 Å². The van der Waals surface area contributed by atoms with Gasteiger partial charge in [0.15, 0.2) is 0 Å². The van der Waals surface area contributed by atoms with Gasteiger partial charge in [-0.05, 0) is 26.1 Å². The summed E-state index contributed by atoms with van der Waals surface area (Å²) in [5, 5.41) is 10.6. The average molecular weight is 268 g/mol. The SMILES string of the molecule is CC(N)C(c1ccco1)N(C)CC1(O)CCOCC1. The lowest BCUT2D eigenvalue weighted by Gasteiger charge is -2.39. The highest BCUT2D eigenvalue weighted by molar-refractivity contribution is 5.07. The maximum Gasteiger partial charge on any atom is 0.122 e. The van der Waals surface area contributed by atoms with Gasteiger partial charge in [0.05, 0.1) is 17.9 Å². The zero-order valence-electron chi connectivity index (χ0n) is 11.7. The Morgan fingerprint density at radius 2 is 2.16 bits per heavy atom. The summed E-state index contributed by atoms with van der Waals surface area (Å²) in [6, 6.07) is 3.70. The molecule has 2 unspecified atom stereocenters. The molecule has 5 nitrogen and oxygen atoms in total. The predicted octanol–water partition coefficient (Wildman–Crippen LogP) is 1.14. The van der Waals surface area contributed by atoms with Crippen molar-refractivity contribution in [3.8, 4) is 0 Å². The zero-order valence-corrected chi connectivity index (χ0v) is 11.7. The van der Waals surface area contributed by atoms with Crippen LogP contribution < -0.4 is 5.73 Å². The fourth-order valence-electron chi connectivity index (χ4n) is 2.81. The van der Waals surface area contributed by atoms with Crippen LogP contribution in [0.5, 0.6) is 0 Å². The van der Waals surface area contributed by atoms with Crippen molar-refractivity contribution in [3.05, 3.63) is 24.2 Å². The third-order valence-corrected chi connectivity index (χ3v) is 3.77. The molecule has 0 saturated carbocycles. The molecule has 19 heavy (non-hydrogen) atoms. The summed E-state index contributed by atoms with van der Waals surface area (Å²) >= 11 is 0. The molecule has 2 heterocycles. The summed E-state index contributed by atoms with van der Waals surface area (Å²) < 4.78 is 10.8. The topological polar surface area (TPSA) is 71.9 Å². The Kier molecular flexibility index (Phi) is 4.62. The molecule has 1 aliphatic heterocycles. The van der Waals surface area contributed by atoms with E-state index < -0.39 is 5.60 Å². The number of aliphatic hydroxyl groups is 1. The second kappa shape index (κ2) is 6.05. The van der Waals surface area contributed by atoms with E-state index in [1.54, 1.807) is 6.26 Å². The number of nitrogens with two attached hydrogens (primary N) is 1. The Bertz CT molecular complexity index is 372. The van der Waals surface area contributed by atoms with Crippen LogP contribution in [0.3, 0.4) is 0 Å². The molecule has 0 radical (unpaired) electrons. The lowest BCUT2D eigenvalue weighted by atomic mass is 9.92. The summed E-state index contributed by atoms with van der Waals surface area (Å²) in [5.41, 5.74) is 5.38. The Morgan fingerprint density at radius 1 is 1.47 bits per heavy atom. The van der Waals surface area contributed by atoms with Crippen molar-refractivity contribution in [2.75, 3.05) is 26.8 Å². The smallest absolute Gasteiger partial charge is 0.122 e. The molecule has 3 N–H and O–H groups in total. The monoisotopic (exact) mass is 268 g/mol. The van der Waals surface area contributed by atoms with Crippen molar-refractivity contribution in [1.82, 2.24) is 4.90 Å². The van der Waals surface area contributed by atoms with Gasteiger partial charge in [-0.1, -0.05) is 0 Å². The van der Waals surface area contributed by atoms with Crippen LogP contribution in [0.25, 0.3) is 0 Å². The molecule has 1 aromatic rings. The van der Waals surface area contributed by atoms with Crippen molar-refractivity contribution in [3.63, 3.8) is 0 Å². The second-order valence-corrected chi connectivity index (χ2v) is 5.57. The van der Waals surface area contributed by atoms with Gasteiger partial charge in [0.2, 0.25) is 0 Å². The number of hydrogen-bond acceptors (Lipinski definition) is 5. The van der Waals surface area contributed by atoms with Crippen LogP contribution in [0, 0.1) is 0 Å². The van der Waals surface area contributed by atoms with Gasteiger partial charge in [0.25, 0.3) is 0 Å². The standard InChI is InChI=1S/C14H24N2O3/c1-11(15)13(12-4-3-7-19-12)16(2)10-14(17)5-8-18-9-6-14/h3-4,7,11,13,17H,5-6,8-10,15H2,1-2H3. The number of nitrogens with zero attached hydrogens (tertiary/aromatic N) is 1. The predicted molar refractivity (Wildman–Crippen MR) is 72.7 cm³/mol. The molecule has 5 heteroatoms. The fourth-order valence-corrected chi connectivity index (χ4v) is 2.81. The first-order chi connectivity index (χ1) is 9.02. The number of hydrogen-bond donors (Lipinski definition) is 2. The van der Waals surface area contributed by atoms with Crippen molar-refractivity contribution in [1.29, 1.82) is 0 Å². The van der Waals surface area contributed by atoms with E-state index in [-0.39, 0.29) is 12.1 Å². The van der Waals surface area contributed by atoms with Crippen LogP contribution in [0.4, 0.5) is 0 Å². The van der Waals surface area contributed by atoms with Crippen LogP contribution in [-0.4, -0.2) is 48.5 Å². The first-order valence-electron chi connectivity index (χ1n) is 6.81. The van der Waals surface area contributed by atoms with E-state index in [4.69, 9.17) is 14.9 Å². The summed E-state index contributed by atoms with van der Waals surface area (Å²) in [5.74, 6) is 0.841.